The van der Waals surface area contributed by atoms with Crippen LogP contribution in [0.15, 0.2) is 46.9 Å². The minimum Gasteiger partial charge on any atom is -0.469 e. The zero-order valence-electron chi connectivity index (χ0n) is 11.3. The molecule has 2 aromatic carbocycles. The molecular weight excluding hydrogens is 290 g/mol. The van der Waals surface area contributed by atoms with E-state index in [0.717, 1.165) is 11.1 Å². The summed E-state index contributed by atoms with van der Waals surface area (Å²) in [6.45, 7) is 0. The summed E-state index contributed by atoms with van der Waals surface area (Å²) >= 11 is 5.87. The molecule has 5 heteroatoms. The van der Waals surface area contributed by atoms with Crippen molar-refractivity contribution in [3.8, 4) is 11.5 Å². The smallest absolute Gasteiger partial charge is 0.309 e. The minimum absolute atomic E-state index is 0.218. The number of halogens is 1. The molecule has 4 nitrogen and oxygen atoms in total. The normalized spacial score (nSPS) is 10.8. The number of rotatable bonds is 3. The second-order valence-electron chi connectivity index (χ2n) is 4.58. The Bertz CT molecular complexity index is 793. The molecule has 0 N–H and O–H groups in total. The first kappa shape index (κ1) is 13.6. The van der Waals surface area contributed by atoms with Crippen LogP contribution in [0.3, 0.4) is 0 Å². The Morgan fingerprint density at radius 1 is 1.24 bits per heavy atom. The molecule has 0 saturated carbocycles. The van der Waals surface area contributed by atoms with E-state index >= 15 is 0 Å². The molecule has 106 valence electrons. The Morgan fingerprint density at radius 2 is 2.00 bits per heavy atom. The van der Waals surface area contributed by atoms with Gasteiger partial charge in [-0.15, -0.1) is 0 Å². The van der Waals surface area contributed by atoms with Crippen LogP contribution in [-0.4, -0.2) is 18.1 Å². The fourth-order valence-electron chi connectivity index (χ4n) is 2.04. The molecule has 0 spiro atoms. The van der Waals surface area contributed by atoms with Crippen LogP contribution >= 0.6 is 11.6 Å². The van der Waals surface area contributed by atoms with Crippen LogP contribution in [0.4, 0.5) is 0 Å². The van der Waals surface area contributed by atoms with Crippen molar-refractivity contribution in [2.24, 2.45) is 0 Å². The summed E-state index contributed by atoms with van der Waals surface area (Å²) in [4.78, 5) is 15.7. The number of aromatic nitrogens is 1. The number of hydrogen-bond acceptors (Lipinski definition) is 4. The third kappa shape index (κ3) is 2.90. The minimum atomic E-state index is -0.282. The van der Waals surface area contributed by atoms with Gasteiger partial charge < -0.3 is 9.15 Å². The third-order valence-corrected chi connectivity index (χ3v) is 3.37. The number of methoxy groups -OCH3 is 1. The number of fused-ring (bicyclic) bond motifs is 1. The van der Waals surface area contributed by atoms with Gasteiger partial charge in [0.25, 0.3) is 0 Å². The van der Waals surface area contributed by atoms with Crippen LogP contribution in [0, 0.1) is 0 Å². The number of nitrogens with zero attached hydrogens (tertiary/aromatic N) is 1. The number of esters is 1. The Labute approximate surface area is 126 Å². The third-order valence-electron chi connectivity index (χ3n) is 3.12. The van der Waals surface area contributed by atoms with Gasteiger partial charge in [-0.3, -0.25) is 4.79 Å². The quantitative estimate of drug-likeness (QED) is 0.689. The first-order chi connectivity index (χ1) is 10.2. The lowest BCUT2D eigenvalue weighted by Crippen LogP contribution is -2.04. The van der Waals surface area contributed by atoms with Crippen molar-refractivity contribution in [3.63, 3.8) is 0 Å². The van der Waals surface area contributed by atoms with Gasteiger partial charge in [-0.2, -0.15) is 0 Å². The topological polar surface area (TPSA) is 52.3 Å². The maximum atomic E-state index is 11.3. The predicted octanol–water partition coefficient (Wildman–Crippen LogP) is 3.86. The van der Waals surface area contributed by atoms with Gasteiger partial charge in [-0.25, -0.2) is 4.98 Å². The van der Waals surface area contributed by atoms with Crippen molar-refractivity contribution < 1.29 is 13.9 Å². The Balaban J connectivity index is 1.96. The molecule has 0 bridgehead atoms. The Morgan fingerprint density at radius 3 is 2.71 bits per heavy atom. The average molecular weight is 302 g/mol. The summed E-state index contributed by atoms with van der Waals surface area (Å²) in [5, 5.41) is 0.662. The number of oxazole rings is 1. The Kier molecular flexibility index (Phi) is 3.62. The highest BCUT2D eigenvalue weighted by atomic mass is 35.5. The zero-order chi connectivity index (χ0) is 14.8. The Hall–Kier alpha value is -2.33. The molecule has 0 aliphatic carbocycles. The number of hydrogen-bond donors (Lipinski definition) is 0. The summed E-state index contributed by atoms with van der Waals surface area (Å²) in [6.07, 6.45) is 0.218. The van der Waals surface area contributed by atoms with Gasteiger partial charge in [0, 0.05) is 10.6 Å². The molecule has 1 heterocycles. The average Bonchev–Trinajstić information content (AvgIpc) is 2.91. The van der Waals surface area contributed by atoms with Gasteiger partial charge in [0.15, 0.2) is 5.58 Å². The summed E-state index contributed by atoms with van der Waals surface area (Å²) in [7, 11) is 1.37. The highest BCUT2D eigenvalue weighted by molar-refractivity contribution is 6.30. The molecule has 0 atom stereocenters. The van der Waals surface area contributed by atoms with E-state index in [1.54, 1.807) is 18.2 Å². The van der Waals surface area contributed by atoms with Gasteiger partial charge in [0.05, 0.1) is 13.5 Å². The molecule has 0 aliphatic heterocycles. The standard InChI is InChI=1S/C16H12ClNO3/c1-20-15(19)9-10-2-7-14-13(8-10)18-16(21-14)11-3-5-12(17)6-4-11/h2-8H,9H2,1H3. The molecule has 21 heavy (non-hydrogen) atoms. The molecule has 0 aliphatic rings. The lowest BCUT2D eigenvalue weighted by Gasteiger charge is -1.98. The second kappa shape index (κ2) is 5.58. The van der Waals surface area contributed by atoms with Crippen molar-refractivity contribution in [1.29, 1.82) is 0 Å². The zero-order valence-corrected chi connectivity index (χ0v) is 12.1. The molecule has 0 amide bonds. The molecule has 0 saturated heterocycles. The summed E-state index contributed by atoms with van der Waals surface area (Å²) in [5.41, 5.74) is 3.07. The molecule has 3 rings (SSSR count). The van der Waals surface area contributed by atoms with Crippen LogP contribution in [0.5, 0.6) is 0 Å². The largest absolute Gasteiger partial charge is 0.469 e. The van der Waals surface area contributed by atoms with E-state index in [9.17, 15) is 4.79 Å². The highest BCUT2D eigenvalue weighted by Gasteiger charge is 2.10. The molecule has 1 aromatic heterocycles. The first-order valence-electron chi connectivity index (χ1n) is 6.38. The summed E-state index contributed by atoms with van der Waals surface area (Å²) in [6, 6.07) is 12.7. The van der Waals surface area contributed by atoms with E-state index in [0.29, 0.717) is 22.0 Å². The fraction of sp³-hybridized carbons (Fsp3) is 0.125. The van der Waals surface area contributed by atoms with E-state index < -0.39 is 0 Å². The lowest BCUT2D eigenvalue weighted by atomic mass is 10.1. The van der Waals surface area contributed by atoms with Crippen molar-refractivity contribution in [1.82, 2.24) is 4.98 Å². The van der Waals surface area contributed by atoms with Crippen molar-refractivity contribution in [2.75, 3.05) is 7.11 Å². The maximum Gasteiger partial charge on any atom is 0.309 e. The van der Waals surface area contributed by atoms with Gasteiger partial charge in [-0.05, 0) is 42.0 Å². The SMILES string of the molecule is COC(=O)Cc1ccc2oc(-c3ccc(Cl)cc3)nc2c1. The van der Waals surface area contributed by atoms with E-state index in [1.807, 2.05) is 24.3 Å². The van der Waals surface area contributed by atoms with Gasteiger partial charge >= 0.3 is 5.97 Å². The molecule has 3 aromatic rings. The number of carbonyl (C=O) groups is 1. The van der Waals surface area contributed by atoms with Gasteiger partial charge in [0.1, 0.15) is 5.52 Å². The maximum absolute atomic E-state index is 11.3. The van der Waals surface area contributed by atoms with Gasteiger partial charge in [-0.1, -0.05) is 17.7 Å². The van der Waals surface area contributed by atoms with Crippen molar-refractivity contribution in [3.05, 3.63) is 53.1 Å². The van der Waals surface area contributed by atoms with E-state index in [4.69, 9.17) is 16.0 Å². The van der Waals surface area contributed by atoms with Crippen molar-refractivity contribution >= 4 is 28.7 Å². The number of carbonyl (C=O) groups excluding carboxylic acids is 1. The van der Waals surface area contributed by atoms with Crippen LogP contribution in [0.1, 0.15) is 5.56 Å². The fourth-order valence-corrected chi connectivity index (χ4v) is 2.16. The summed E-state index contributed by atoms with van der Waals surface area (Å²) in [5.74, 6) is 0.243. The van der Waals surface area contributed by atoms with Crippen LogP contribution < -0.4 is 0 Å². The van der Waals surface area contributed by atoms with Crippen molar-refractivity contribution in [2.45, 2.75) is 6.42 Å². The molecule has 0 unspecified atom stereocenters. The molecular formula is C16H12ClNO3. The number of ether oxygens (including phenoxy) is 1. The van der Waals surface area contributed by atoms with Crippen LogP contribution in [-0.2, 0) is 16.0 Å². The lowest BCUT2D eigenvalue weighted by molar-refractivity contribution is -0.139. The van der Waals surface area contributed by atoms with E-state index in [1.165, 1.54) is 7.11 Å². The predicted molar refractivity (Wildman–Crippen MR) is 80.2 cm³/mol. The second-order valence-corrected chi connectivity index (χ2v) is 5.02. The van der Waals surface area contributed by atoms with Gasteiger partial charge in [0.2, 0.25) is 5.89 Å². The summed E-state index contributed by atoms with van der Waals surface area (Å²) < 4.78 is 10.4. The molecule has 0 radical (unpaired) electrons. The van der Waals surface area contributed by atoms with Crippen LogP contribution in [0.2, 0.25) is 5.02 Å². The number of benzene rings is 2. The van der Waals surface area contributed by atoms with Crippen LogP contribution in [0.25, 0.3) is 22.6 Å². The molecule has 0 fully saturated rings. The first-order valence-corrected chi connectivity index (χ1v) is 6.76. The van der Waals surface area contributed by atoms with E-state index in [-0.39, 0.29) is 12.4 Å². The highest BCUT2D eigenvalue weighted by Crippen LogP contribution is 2.26. The van der Waals surface area contributed by atoms with E-state index in [2.05, 4.69) is 9.72 Å². The monoisotopic (exact) mass is 301 g/mol.